The topological polar surface area (TPSA) is 95.1 Å². The fraction of sp³-hybridized carbons (Fsp3) is 0.389. The van der Waals surface area contributed by atoms with Gasteiger partial charge in [-0.15, -0.1) is 0 Å². The minimum atomic E-state index is -1.06. The Labute approximate surface area is 140 Å². The Kier molecular flexibility index (Phi) is 4.13. The number of amides is 1. The lowest BCUT2D eigenvalue weighted by Crippen LogP contribution is -2.31. The molecule has 2 aromatic heterocycles. The predicted octanol–water partition coefficient (Wildman–Crippen LogP) is 2.91. The summed E-state index contributed by atoms with van der Waals surface area (Å²) in [7, 11) is 0. The first-order chi connectivity index (χ1) is 11.4. The molecule has 1 aliphatic rings. The second kappa shape index (κ2) is 6.11. The number of H-pyrrole nitrogens is 1. The Bertz CT molecular complexity index is 806. The fourth-order valence-electron chi connectivity index (χ4n) is 3.12. The molecule has 0 bridgehead atoms. The van der Waals surface area contributed by atoms with Crippen LogP contribution in [0.2, 0.25) is 0 Å². The van der Waals surface area contributed by atoms with E-state index in [2.05, 4.69) is 15.3 Å². The average Bonchev–Trinajstić information content (AvgIpc) is 3.30. The molecule has 1 fully saturated rings. The highest BCUT2D eigenvalue weighted by atomic mass is 16.4. The summed E-state index contributed by atoms with van der Waals surface area (Å²) in [5.74, 6) is -0.926. The monoisotopic (exact) mass is 327 g/mol. The van der Waals surface area contributed by atoms with E-state index >= 15 is 0 Å². The highest BCUT2D eigenvalue weighted by molar-refractivity contribution is 6.01. The molecule has 1 aliphatic carbocycles. The molecule has 6 heteroatoms. The van der Waals surface area contributed by atoms with Crippen LogP contribution < -0.4 is 5.32 Å². The standard InChI is InChI=1S/C18H21N3O3/c1-9-5-4-6-13(19-9)16(12-7-8-12)21-17(22)14-10(2)15(18(23)24)20-11(14)3/h4-6,12,16,20H,7-8H2,1-3H3,(H,21,22)(H,23,24)/t16-/m0/s1. The molecule has 3 rings (SSSR count). The van der Waals surface area contributed by atoms with Gasteiger partial charge in [-0.3, -0.25) is 9.78 Å². The third-order valence-corrected chi connectivity index (χ3v) is 4.49. The van der Waals surface area contributed by atoms with Crippen molar-refractivity contribution >= 4 is 11.9 Å². The number of aryl methyl sites for hydroxylation is 2. The van der Waals surface area contributed by atoms with Crippen molar-refractivity contribution in [2.24, 2.45) is 5.92 Å². The quantitative estimate of drug-likeness (QED) is 0.787. The van der Waals surface area contributed by atoms with Gasteiger partial charge in [0.1, 0.15) is 5.69 Å². The van der Waals surface area contributed by atoms with Gasteiger partial charge in [0.15, 0.2) is 0 Å². The van der Waals surface area contributed by atoms with Gasteiger partial charge in [0.25, 0.3) is 5.91 Å². The normalized spacial score (nSPS) is 15.1. The predicted molar refractivity (Wildman–Crippen MR) is 89.1 cm³/mol. The van der Waals surface area contributed by atoms with E-state index in [-0.39, 0.29) is 17.6 Å². The molecule has 126 valence electrons. The second-order valence-corrected chi connectivity index (χ2v) is 6.42. The lowest BCUT2D eigenvalue weighted by Gasteiger charge is -2.18. The molecule has 1 atom stereocenters. The Morgan fingerprint density at radius 3 is 2.54 bits per heavy atom. The Morgan fingerprint density at radius 2 is 2.00 bits per heavy atom. The largest absolute Gasteiger partial charge is 0.477 e. The molecule has 2 heterocycles. The Balaban J connectivity index is 1.89. The number of pyridine rings is 1. The molecule has 0 aliphatic heterocycles. The maximum atomic E-state index is 12.8. The zero-order valence-corrected chi connectivity index (χ0v) is 14.0. The van der Waals surface area contributed by atoms with Gasteiger partial charge >= 0.3 is 5.97 Å². The number of aromatic carboxylic acids is 1. The zero-order valence-electron chi connectivity index (χ0n) is 14.0. The van der Waals surface area contributed by atoms with Crippen molar-refractivity contribution in [1.82, 2.24) is 15.3 Å². The van der Waals surface area contributed by atoms with Gasteiger partial charge in [-0.1, -0.05) is 6.07 Å². The molecule has 3 N–H and O–H groups in total. The fourth-order valence-corrected chi connectivity index (χ4v) is 3.12. The van der Waals surface area contributed by atoms with Crippen molar-refractivity contribution in [1.29, 1.82) is 0 Å². The first kappa shape index (κ1) is 16.2. The van der Waals surface area contributed by atoms with Gasteiger partial charge in [0.2, 0.25) is 0 Å². The molecular weight excluding hydrogens is 306 g/mol. The van der Waals surface area contributed by atoms with E-state index in [1.807, 2.05) is 25.1 Å². The number of hydrogen-bond donors (Lipinski definition) is 3. The van der Waals surface area contributed by atoms with Gasteiger partial charge < -0.3 is 15.4 Å². The van der Waals surface area contributed by atoms with Crippen LogP contribution in [0.5, 0.6) is 0 Å². The summed E-state index contributed by atoms with van der Waals surface area (Å²) in [6.07, 6.45) is 2.12. The molecule has 1 saturated carbocycles. The number of hydrogen-bond acceptors (Lipinski definition) is 3. The number of rotatable bonds is 5. The highest BCUT2D eigenvalue weighted by Crippen LogP contribution is 2.40. The van der Waals surface area contributed by atoms with E-state index in [4.69, 9.17) is 0 Å². The molecule has 0 saturated heterocycles. The van der Waals surface area contributed by atoms with Crippen LogP contribution in [-0.2, 0) is 0 Å². The van der Waals surface area contributed by atoms with E-state index in [0.29, 0.717) is 22.7 Å². The number of carbonyl (C=O) groups excluding carboxylic acids is 1. The van der Waals surface area contributed by atoms with Crippen LogP contribution >= 0.6 is 0 Å². The molecule has 2 aromatic rings. The van der Waals surface area contributed by atoms with Crippen molar-refractivity contribution in [3.63, 3.8) is 0 Å². The smallest absolute Gasteiger partial charge is 0.352 e. The van der Waals surface area contributed by atoms with Crippen molar-refractivity contribution in [3.8, 4) is 0 Å². The highest BCUT2D eigenvalue weighted by Gasteiger charge is 2.35. The van der Waals surface area contributed by atoms with Crippen LogP contribution in [0.15, 0.2) is 18.2 Å². The number of nitrogens with zero attached hydrogens (tertiary/aromatic N) is 1. The number of carboxylic acids is 1. The van der Waals surface area contributed by atoms with E-state index in [1.165, 1.54) is 0 Å². The maximum absolute atomic E-state index is 12.8. The average molecular weight is 327 g/mol. The van der Waals surface area contributed by atoms with Gasteiger partial charge in [0.05, 0.1) is 17.3 Å². The maximum Gasteiger partial charge on any atom is 0.352 e. The lowest BCUT2D eigenvalue weighted by molar-refractivity contribution is 0.0690. The molecule has 0 spiro atoms. The zero-order chi connectivity index (χ0) is 17.4. The van der Waals surface area contributed by atoms with E-state index in [1.54, 1.807) is 13.8 Å². The SMILES string of the molecule is Cc1cccc([C@@H](NC(=O)c2c(C)[nH]c(C(=O)O)c2C)C2CC2)n1. The summed E-state index contributed by atoms with van der Waals surface area (Å²) in [5.41, 5.74) is 3.27. The van der Waals surface area contributed by atoms with Crippen molar-refractivity contribution < 1.29 is 14.7 Å². The van der Waals surface area contributed by atoms with E-state index in [0.717, 1.165) is 24.2 Å². The molecule has 1 amide bonds. The van der Waals surface area contributed by atoms with Crippen LogP contribution in [0.3, 0.4) is 0 Å². The van der Waals surface area contributed by atoms with Crippen molar-refractivity contribution in [3.05, 3.63) is 52.1 Å². The van der Waals surface area contributed by atoms with Gasteiger partial charge in [-0.25, -0.2) is 4.79 Å². The number of nitrogens with one attached hydrogen (secondary N) is 2. The number of aromatic amines is 1. The molecular formula is C18H21N3O3. The Hall–Kier alpha value is -2.63. The summed E-state index contributed by atoms with van der Waals surface area (Å²) in [6.45, 7) is 5.29. The number of aromatic nitrogens is 2. The minimum absolute atomic E-state index is 0.0642. The van der Waals surface area contributed by atoms with Crippen LogP contribution in [0.25, 0.3) is 0 Å². The summed E-state index contributed by atoms with van der Waals surface area (Å²) in [5, 5.41) is 12.3. The van der Waals surface area contributed by atoms with Crippen molar-refractivity contribution in [2.75, 3.05) is 0 Å². The van der Waals surface area contributed by atoms with Crippen LogP contribution in [0.4, 0.5) is 0 Å². The Morgan fingerprint density at radius 1 is 1.29 bits per heavy atom. The van der Waals surface area contributed by atoms with Gasteiger partial charge in [-0.2, -0.15) is 0 Å². The van der Waals surface area contributed by atoms with Gasteiger partial charge in [-0.05, 0) is 57.2 Å². The third-order valence-electron chi connectivity index (χ3n) is 4.49. The van der Waals surface area contributed by atoms with Crippen LogP contribution in [0.1, 0.15) is 62.4 Å². The summed E-state index contributed by atoms with van der Waals surface area (Å²) >= 11 is 0. The summed E-state index contributed by atoms with van der Waals surface area (Å²) in [4.78, 5) is 31.3. The molecule has 6 nitrogen and oxygen atoms in total. The lowest BCUT2D eigenvalue weighted by atomic mass is 10.0. The van der Waals surface area contributed by atoms with Crippen molar-refractivity contribution in [2.45, 2.75) is 39.7 Å². The molecule has 24 heavy (non-hydrogen) atoms. The molecule has 0 radical (unpaired) electrons. The number of carboxylic acid groups (broad SMARTS) is 1. The first-order valence-electron chi connectivity index (χ1n) is 8.05. The number of carbonyl (C=O) groups is 2. The van der Waals surface area contributed by atoms with E-state index < -0.39 is 5.97 Å². The minimum Gasteiger partial charge on any atom is -0.477 e. The molecule has 0 aromatic carbocycles. The third kappa shape index (κ3) is 3.04. The molecule has 0 unspecified atom stereocenters. The van der Waals surface area contributed by atoms with Gasteiger partial charge in [0, 0.05) is 11.4 Å². The summed E-state index contributed by atoms with van der Waals surface area (Å²) < 4.78 is 0. The van der Waals surface area contributed by atoms with Crippen LogP contribution in [-0.4, -0.2) is 27.0 Å². The first-order valence-corrected chi connectivity index (χ1v) is 8.05. The summed E-state index contributed by atoms with van der Waals surface area (Å²) in [6, 6.07) is 5.65. The van der Waals surface area contributed by atoms with Crippen LogP contribution in [0, 0.1) is 26.7 Å². The van der Waals surface area contributed by atoms with E-state index in [9.17, 15) is 14.7 Å². The second-order valence-electron chi connectivity index (χ2n) is 6.42.